The van der Waals surface area contributed by atoms with Crippen molar-refractivity contribution in [3.63, 3.8) is 0 Å². The predicted octanol–water partition coefficient (Wildman–Crippen LogP) is 3.55. The van der Waals surface area contributed by atoms with E-state index in [-0.39, 0.29) is 10.6 Å². The number of hydrogen-bond donors (Lipinski definition) is 2. The van der Waals surface area contributed by atoms with Crippen molar-refractivity contribution in [1.82, 2.24) is 0 Å². The zero-order valence-corrected chi connectivity index (χ0v) is 21.9. The first-order valence-corrected chi connectivity index (χ1v) is 14.5. The van der Waals surface area contributed by atoms with Crippen LogP contribution in [0.2, 0.25) is 0 Å². The van der Waals surface area contributed by atoms with Crippen LogP contribution in [0.1, 0.15) is 19.8 Å². The normalized spacial score (nSPS) is 18.0. The molecular weight excluding hydrogens is 534 g/mol. The number of para-hydroxylation sites is 2. The summed E-state index contributed by atoms with van der Waals surface area (Å²) in [5.41, 5.74) is 1.99. The molecule has 0 spiro atoms. The lowest BCUT2D eigenvalue weighted by Crippen LogP contribution is -2.22. The van der Waals surface area contributed by atoms with E-state index in [1.165, 1.54) is 24.3 Å². The van der Waals surface area contributed by atoms with Crippen LogP contribution >= 0.6 is 0 Å². The van der Waals surface area contributed by atoms with Crippen LogP contribution in [0.25, 0.3) is 0 Å². The van der Waals surface area contributed by atoms with Crippen molar-refractivity contribution in [2.24, 2.45) is 5.10 Å². The molecule has 2 aliphatic heterocycles. The molecular formula is C25H25N3O8S2. The SMILES string of the molecule is CC1=NN(c2ccc(S(=O)(=O)O)cc2)C(=O)\C1=C/C=C/C=C1\Oc2ccccc2N1CCCCS(=O)(=O)O. The second-order valence-electron chi connectivity index (χ2n) is 8.46. The molecule has 0 saturated carbocycles. The van der Waals surface area contributed by atoms with Gasteiger partial charge in [0, 0.05) is 6.54 Å². The quantitative estimate of drug-likeness (QED) is 0.267. The number of allylic oxidation sites excluding steroid dienone is 4. The molecule has 38 heavy (non-hydrogen) atoms. The summed E-state index contributed by atoms with van der Waals surface area (Å²) < 4.78 is 68.5. The number of nitrogens with zero attached hydrogens (tertiary/aromatic N) is 3. The highest BCUT2D eigenvalue weighted by atomic mass is 32.2. The number of fused-ring (bicyclic) bond motifs is 1. The number of hydrogen-bond acceptors (Lipinski definition) is 8. The van der Waals surface area contributed by atoms with Gasteiger partial charge in [0.2, 0.25) is 5.88 Å². The summed E-state index contributed by atoms with van der Waals surface area (Å²) in [6, 6.07) is 12.5. The number of ether oxygens (including phenoxy) is 1. The lowest BCUT2D eigenvalue weighted by Gasteiger charge is -2.17. The highest BCUT2D eigenvalue weighted by Gasteiger charge is 2.29. The van der Waals surface area contributed by atoms with Crippen molar-refractivity contribution in [3.05, 3.63) is 84.3 Å². The molecule has 0 atom stereocenters. The molecule has 0 aliphatic carbocycles. The van der Waals surface area contributed by atoms with Crippen molar-refractivity contribution in [1.29, 1.82) is 0 Å². The van der Waals surface area contributed by atoms with E-state index in [1.54, 1.807) is 31.2 Å². The van der Waals surface area contributed by atoms with E-state index in [0.29, 0.717) is 48.0 Å². The molecule has 0 aromatic heterocycles. The molecule has 11 nitrogen and oxygen atoms in total. The summed E-state index contributed by atoms with van der Waals surface area (Å²) in [6.45, 7) is 2.15. The molecule has 2 heterocycles. The van der Waals surface area contributed by atoms with Gasteiger partial charge in [0.1, 0.15) is 0 Å². The van der Waals surface area contributed by atoms with Gasteiger partial charge in [-0.25, -0.2) is 0 Å². The van der Waals surface area contributed by atoms with Gasteiger partial charge in [-0.05, 0) is 68.3 Å². The minimum absolute atomic E-state index is 0.288. The van der Waals surface area contributed by atoms with Crippen molar-refractivity contribution in [2.45, 2.75) is 24.7 Å². The van der Waals surface area contributed by atoms with Gasteiger partial charge in [-0.2, -0.15) is 26.9 Å². The van der Waals surface area contributed by atoms with Gasteiger partial charge in [0.05, 0.1) is 33.3 Å². The summed E-state index contributed by atoms with van der Waals surface area (Å²) in [5, 5.41) is 5.39. The van der Waals surface area contributed by atoms with Crippen LogP contribution in [-0.2, 0) is 25.0 Å². The molecule has 2 N–H and O–H groups in total. The van der Waals surface area contributed by atoms with Crippen molar-refractivity contribution < 1.29 is 35.5 Å². The van der Waals surface area contributed by atoms with E-state index in [0.717, 1.165) is 10.7 Å². The van der Waals surface area contributed by atoms with Gasteiger partial charge in [-0.1, -0.05) is 24.3 Å². The fraction of sp³-hybridized carbons (Fsp3) is 0.200. The van der Waals surface area contributed by atoms with Crippen LogP contribution in [0.5, 0.6) is 5.75 Å². The Kier molecular flexibility index (Phi) is 7.83. The standard InChI is InChI=1S/C25H25N3O8S2/c1-18-21(25(29)28(26-18)19-12-14-20(15-13-19)38(33,34)35)8-2-5-11-24-27(16-6-7-17-37(30,31)32)22-9-3-4-10-23(22)36-24/h2-5,8-15H,6-7,16-17H2,1H3,(H,30,31,32)(H,33,34,35)/b5-2+,21-8-,24-11-. The van der Waals surface area contributed by atoms with E-state index < -0.39 is 26.1 Å². The Morgan fingerprint density at radius 2 is 1.63 bits per heavy atom. The summed E-state index contributed by atoms with van der Waals surface area (Å²) in [6.07, 6.45) is 7.48. The Bertz CT molecular complexity index is 1570. The van der Waals surface area contributed by atoms with E-state index in [1.807, 2.05) is 29.2 Å². The van der Waals surface area contributed by atoms with Crippen LogP contribution in [-0.4, -0.2) is 49.9 Å². The minimum Gasteiger partial charge on any atom is -0.439 e. The number of anilines is 2. The molecule has 2 aromatic carbocycles. The highest BCUT2D eigenvalue weighted by molar-refractivity contribution is 7.86. The van der Waals surface area contributed by atoms with Gasteiger partial charge < -0.3 is 9.64 Å². The number of unbranched alkanes of at least 4 members (excludes halogenated alkanes) is 1. The Morgan fingerprint density at radius 3 is 2.32 bits per heavy atom. The molecule has 4 rings (SSSR count). The molecule has 0 unspecified atom stereocenters. The number of hydrazone groups is 1. The molecule has 200 valence electrons. The average molecular weight is 560 g/mol. The molecule has 0 bridgehead atoms. The molecule has 1 amide bonds. The Labute approximate surface area is 220 Å². The highest BCUT2D eigenvalue weighted by Crippen LogP contribution is 2.38. The molecule has 0 radical (unpaired) electrons. The van der Waals surface area contributed by atoms with E-state index in [9.17, 15) is 21.6 Å². The van der Waals surface area contributed by atoms with Gasteiger partial charge in [0.15, 0.2) is 5.75 Å². The average Bonchev–Trinajstić information content (AvgIpc) is 3.34. The first-order valence-electron chi connectivity index (χ1n) is 11.5. The molecule has 2 aliphatic rings. The maximum absolute atomic E-state index is 12.9. The molecule has 0 fully saturated rings. The summed E-state index contributed by atoms with van der Waals surface area (Å²) >= 11 is 0. The predicted molar refractivity (Wildman–Crippen MR) is 142 cm³/mol. The molecule has 13 heteroatoms. The van der Waals surface area contributed by atoms with Crippen LogP contribution in [0, 0.1) is 0 Å². The fourth-order valence-corrected chi connectivity index (χ4v) is 4.94. The zero-order chi connectivity index (χ0) is 27.5. The van der Waals surface area contributed by atoms with Crippen LogP contribution < -0.4 is 14.6 Å². The Balaban J connectivity index is 1.46. The van der Waals surface area contributed by atoms with Crippen LogP contribution in [0.15, 0.2) is 94.3 Å². The summed E-state index contributed by atoms with van der Waals surface area (Å²) in [4.78, 5) is 14.5. The topological polar surface area (TPSA) is 154 Å². The lowest BCUT2D eigenvalue weighted by atomic mass is 10.1. The van der Waals surface area contributed by atoms with Gasteiger partial charge >= 0.3 is 0 Å². The molecule has 0 saturated heterocycles. The Morgan fingerprint density at radius 1 is 0.947 bits per heavy atom. The Hall–Kier alpha value is -3.78. The van der Waals surface area contributed by atoms with Gasteiger partial charge in [-0.15, -0.1) is 0 Å². The first kappa shape index (κ1) is 27.3. The zero-order valence-electron chi connectivity index (χ0n) is 20.3. The number of carbonyl (C=O) groups is 1. The number of amides is 1. The number of benzene rings is 2. The largest absolute Gasteiger partial charge is 0.439 e. The lowest BCUT2D eigenvalue weighted by molar-refractivity contribution is -0.114. The van der Waals surface area contributed by atoms with Gasteiger partial charge in [0.25, 0.3) is 26.1 Å². The van der Waals surface area contributed by atoms with Gasteiger partial charge in [-0.3, -0.25) is 13.9 Å². The van der Waals surface area contributed by atoms with Crippen LogP contribution in [0.3, 0.4) is 0 Å². The third kappa shape index (κ3) is 6.37. The van der Waals surface area contributed by atoms with E-state index >= 15 is 0 Å². The number of carbonyl (C=O) groups excluding carboxylic acids is 1. The first-order chi connectivity index (χ1) is 17.9. The van der Waals surface area contributed by atoms with Crippen molar-refractivity contribution in [2.75, 3.05) is 22.2 Å². The minimum atomic E-state index is -4.35. The van der Waals surface area contributed by atoms with Crippen LogP contribution in [0.4, 0.5) is 11.4 Å². The van der Waals surface area contributed by atoms with E-state index in [2.05, 4.69) is 5.10 Å². The smallest absolute Gasteiger partial charge is 0.294 e. The number of rotatable bonds is 9. The fourth-order valence-electron chi connectivity index (χ4n) is 3.90. The summed E-state index contributed by atoms with van der Waals surface area (Å²) in [7, 11) is -8.36. The monoisotopic (exact) mass is 559 g/mol. The second kappa shape index (κ2) is 10.9. The van der Waals surface area contributed by atoms with Crippen molar-refractivity contribution >= 4 is 43.2 Å². The third-order valence-electron chi connectivity index (χ3n) is 5.73. The third-order valence-corrected chi connectivity index (χ3v) is 7.40. The maximum Gasteiger partial charge on any atom is 0.294 e. The second-order valence-corrected chi connectivity index (χ2v) is 11.4. The maximum atomic E-state index is 12.9. The van der Waals surface area contributed by atoms with Crippen molar-refractivity contribution in [3.8, 4) is 5.75 Å². The summed E-state index contributed by atoms with van der Waals surface area (Å²) in [5.74, 6) is 0.470. The molecule has 2 aromatic rings. The van der Waals surface area contributed by atoms with E-state index in [4.69, 9.17) is 13.8 Å².